The molecule has 1 aliphatic rings. The van der Waals surface area contributed by atoms with Crippen molar-refractivity contribution in [1.82, 2.24) is 4.31 Å². The van der Waals surface area contributed by atoms with Gasteiger partial charge in [-0.2, -0.15) is 4.31 Å². The van der Waals surface area contributed by atoms with Crippen LogP contribution in [-0.4, -0.2) is 49.4 Å². The summed E-state index contributed by atoms with van der Waals surface area (Å²) in [6.45, 7) is 0.376. The second-order valence-corrected chi connectivity index (χ2v) is 9.38. The van der Waals surface area contributed by atoms with E-state index in [0.29, 0.717) is 18.5 Å². The van der Waals surface area contributed by atoms with Crippen molar-refractivity contribution in [3.05, 3.63) is 66.2 Å². The van der Waals surface area contributed by atoms with E-state index in [9.17, 15) is 23.1 Å². The number of amides is 1. The number of phenolic OH excluding ortho intramolecular Hbond substituents is 1. The minimum absolute atomic E-state index is 0.0461. The third-order valence-electron chi connectivity index (χ3n) is 5.28. The number of hydrogen-bond donors (Lipinski definition) is 2. The predicted molar refractivity (Wildman–Crippen MR) is 119 cm³/mol. The molecule has 0 radical (unpaired) electrons. The van der Waals surface area contributed by atoms with E-state index < -0.39 is 28.5 Å². The van der Waals surface area contributed by atoms with Gasteiger partial charge in [0.25, 0.3) is 5.91 Å². The Balaban J connectivity index is 1.40. The van der Waals surface area contributed by atoms with Gasteiger partial charge in [0.05, 0.1) is 4.90 Å². The molecular weight excluding hydrogens is 432 g/mol. The molecule has 0 atom stereocenters. The van der Waals surface area contributed by atoms with Gasteiger partial charge in [0, 0.05) is 24.2 Å². The van der Waals surface area contributed by atoms with Gasteiger partial charge >= 0.3 is 5.97 Å². The number of benzene rings is 3. The molecule has 166 valence electrons. The van der Waals surface area contributed by atoms with E-state index in [2.05, 4.69) is 5.32 Å². The van der Waals surface area contributed by atoms with Gasteiger partial charge < -0.3 is 15.2 Å². The fourth-order valence-corrected chi connectivity index (χ4v) is 5.20. The summed E-state index contributed by atoms with van der Waals surface area (Å²) < 4.78 is 31.8. The molecule has 8 nitrogen and oxygen atoms in total. The smallest absolute Gasteiger partial charge is 0.342 e. The molecule has 0 aliphatic carbocycles. The van der Waals surface area contributed by atoms with Gasteiger partial charge in [0.1, 0.15) is 11.3 Å². The summed E-state index contributed by atoms with van der Waals surface area (Å²) >= 11 is 0. The normalized spacial score (nSPS) is 14.4. The average Bonchev–Trinajstić information content (AvgIpc) is 3.34. The molecule has 1 saturated heterocycles. The van der Waals surface area contributed by atoms with Gasteiger partial charge in [-0.1, -0.05) is 36.4 Å². The highest BCUT2D eigenvalue weighted by Gasteiger charge is 2.27. The summed E-state index contributed by atoms with van der Waals surface area (Å²) in [7, 11) is -3.61. The molecule has 4 rings (SSSR count). The van der Waals surface area contributed by atoms with E-state index in [-0.39, 0.29) is 21.9 Å². The Morgan fingerprint density at radius 2 is 1.75 bits per heavy atom. The summed E-state index contributed by atoms with van der Waals surface area (Å²) in [6.07, 6.45) is 1.65. The maximum atomic E-state index is 12.7. The van der Waals surface area contributed by atoms with Crippen molar-refractivity contribution in [2.75, 3.05) is 25.0 Å². The summed E-state index contributed by atoms with van der Waals surface area (Å²) in [5.74, 6) is -1.68. The Bertz CT molecular complexity index is 1280. The molecule has 0 aromatic heterocycles. The van der Waals surface area contributed by atoms with Gasteiger partial charge in [0.15, 0.2) is 6.61 Å². The van der Waals surface area contributed by atoms with Crippen LogP contribution in [0.25, 0.3) is 10.8 Å². The lowest BCUT2D eigenvalue weighted by atomic mass is 10.1. The topological polar surface area (TPSA) is 113 Å². The second kappa shape index (κ2) is 8.97. The van der Waals surface area contributed by atoms with Gasteiger partial charge in [-0.15, -0.1) is 0 Å². The SMILES string of the molecule is O=C(COC(=O)c1ccc2ccccc2c1O)Nc1cccc(S(=O)(=O)N2CCCC2)c1. The predicted octanol–water partition coefficient (Wildman–Crippen LogP) is 3.13. The number of carbonyl (C=O) groups excluding carboxylic acids is 2. The molecule has 3 aromatic carbocycles. The van der Waals surface area contributed by atoms with Crippen molar-refractivity contribution in [1.29, 1.82) is 0 Å². The van der Waals surface area contributed by atoms with Crippen LogP contribution in [0.15, 0.2) is 65.6 Å². The summed E-state index contributed by atoms with van der Waals surface area (Å²) in [6, 6.07) is 16.1. The maximum Gasteiger partial charge on any atom is 0.342 e. The molecule has 0 bridgehead atoms. The van der Waals surface area contributed by atoms with E-state index in [0.717, 1.165) is 18.2 Å². The number of nitrogens with one attached hydrogen (secondary N) is 1. The highest BCUT2D eigenvalue weighted by Crippen LogP contribution is 2.29. The summed E-state index contributed by atoms with van der Waals surface area (Å²) in [5, 5.41) is 14.2. The van der Waals surface area contributed by atoms with Crippen molar-refractivity contribution >= 4 is 38.4 Å². The average molecular weight is 455 g/mol. The zero-order valence-electron chi connectivity index (χ0n) is 17.2. The van der Waals surface area contributed by atoms with E-state index in [1.54, 1.807) is 30.3 Å². The number of hydrogen-bond acceptors (Lipinski definition) is 6. The van der Waals surface area contributed by atoms with Crippen LogP contribution in [0.4, 0.5) is 5.69 Å². The molecule has 0 unspecified atom stereocenters. The lowest BCUT2D eigenvalue weighted by molar-refractivity contribution is -0.119. The molecule has 1 fully saturated rings. The number of ether oxygens (including phenoxy) is 1. The molecule has 3 aromatic rings. The minimum Gasteiger partial charge on any atom is -0.506 e. The molecule has 1 amide bonds. The lowest BCUT2D eigenvalue weighted by Gasteiger charge is -2.16. The van der Waals surface area contributed by atoms with Gasteiger partial charge in [-0.3, -0.25) is 4.79 Å². The monoisotopic (exact) mass is 454 g/mol. The van der Waals surface area contributed by atoms with Gasteiger partial charge in [-0.25, -0.2) is 13.2 Å². The number of aromatic hydroxyl groups is 1. The number of carbonyl (C=O) groups is 2. The summed E-state index contributed by atoms with van der Waals surface area (Å²) in [5.41, 5.74) is 0.232. The number of fused-ring (bicyclic) bond motifs is 1. The number of sulfonamides is 1. The Hall–Kier alpha value is -3.43. The number of phenols is 1. The van der Waals surface area contributed by atoms with E-state index >= 15 is 0 Å². The van der Waals surface area contributed by atoms with Crippen molar-refractivity contribution in [2.45, 2.75) is 17.7 Å². The number of anilines is 1. The molecule has 32 heavy (non-hydrogen) atoms. The first kappa shape index (κ1) is 21.8. The Morgan fingerprint density at radius 1 is 1.00 bits per heavy atom. The number of esters is 1. The van der Waals surface area contributed by atoms with Crippen LogP contribution >= 0.6 is 0 Å². The Kier molecular flexibility index (Phi) is 6.11. The van der Waals surface area contributed by atoms with Crippen molar-refractivity contribution in [3.63, 3.8) is 0 Å². The van der Waals surface area contributed by atoms with Crippen molar-refractivity contribution in [2.24, 2.45) is 0 Å². The Labute approximate surface area is 185 Å². The first-order valence-electron chi connectivity index (χ1n) is 10.1. The van der Waals surface area contributed by atoms with E-state index in [4.69, 9.17) is 4.74 Å². The van der Waals surface area contributed by atoms with Crippen LogP contribution in [-0.2, 0) is 19.6 Å². The Morgan fingerprint density at radius 3 is 2.53 bits per heavy atom. The first-order valence-corrected chi connectivity index (χ1v) is 11.6. The maximum absolute atomic E-state index is 12.7. The van der Waals surface area contributed by atoms with Crippen molar-refractivity contribution in [3.8, 4) is 5.75 Å². The zero-order valence-corrected chi connectivity index (χ0v) is 18.0. The molecule has 2 N–H and O–H groups in total. The fourth-order valence-electron chi connectivity index (χ4n) is 3.64. The number of rotatable bonds is 6. The zero-order chi connectivity index (χ0) is 22.7. The third kappa shape index (κ3) is 4.44. The first-order chi connectivity index (χ1) is 15.4. The highest BCUT2D eigenvalue weighted by molar-refractivity contribution is 7.89. The van der Waals surface area contributed by atoms with Crippen LogP contribution < -0.4 is 5.32 Å². The van der Waals surface area contributed by atoms with E-state index in [1.165, 1.54) is 28.6 Å². The number of nitrogens with zero attached hydrogens (tertiary/aromatic N) is 1. The molecule has 9 heteroatoms. The van der Waals surface area contributed by atoms with Crippen LogP contribution in [0, 0.1) is 0 Å². The van der Waals surface area contributed by atoms with Crippen LogP contribution in [0.3, 0.4) is 0 Å². The second-order valence-electron chi connectivity index (χ2n) is 7.45. The third-order valence-corrected chi connectivity index (χ3v) is 7.17. The van der Waals surface area contributed by atoms with Crippen LogP contribution in [0.2, 0.25) is 0 Å². The summed E-state index contributed by atoms with van der Waals surface area (Å²) in [4.78, 5) is 24.7. The quantitative estimate of drug-likeness (QED) is 0.554. The van der Waals surface area contributed by atoms with Gasteiger partial charge in [0.2, 0.25) is 10.0 Å². The molecule has 0 spiro atoms. The fraction of sp³-hybridized carbons (Fsp3) is 0.217. The van der Waals surface area contributed by atoms with Crippen LogP contribution in [0.1, 0.15) is 23.2 Å². The molecule has 1 aliphatic heterocycles. The lowest BCUT2D eigenvalue weighted by Crippen LogP contribution is -2.28. The van der Waals surface area contributed by atoms with Gasteiger partial charge in [-0.05, 0) is 42.5 Å². The van der Waals surface area contributed by atoms with Crippen LogP contribution in [0.5, 0.6) is 5.75 Å². The standard InChI is InChI=1S/C23H22N2O6S/c26-21(15-31-23(28)20-11-10-16-6-1-2-9-19(16)22(20)27)24-17-7-5-8-18(14-17)32(29,30)25-12-3-4-13-25/h1-2,5-11,14,27H,3-4,12-13,15H2,(H,24,26). The minimum atomic E-state index is -3.61. The van der Waals surface area contributed by atoms with Crippen molar-refractivity contribution < 1.29 is 27.9 Å². The highest BCUT2D eigenvalue weighted by atomic mass is 32.2. The molecular formula is C23H22N2O6S. The molecule has 0 saturated carbocycles. The molecule has 1 heterocycles. The largest absolute Gasteiger partial charge is 0.506 e. The van der Waals surface area contributed by atoms with E-state index in [1.807, 2.05) is 6.07 Å².